The Morgan fingerprint density at radius 3 is 2.65 bits per heavy atom. The zero-order valence-electron chi connectivity index (χ0n) is 11.3. The quantitative estimate of drug-likeness (QED) is 0.778. The van der Waals surface area contributed by atoms with Crippen LogP contribution in [0.4, 0.5) is 4.39 Å². The van der Waals surface area contributed by atoms with Gasteiger partial charge < -0.3 is 0 Å². The SMILES string of the molecule is Cc1ccccc1CCC(=O)Cc1cc(F)cc(Br)c1. The monoisotopic (exact) mass is 334 g/mol. The molecule has 0 saturated heterocycles. The molecule has 0 fully saturated rings. The van der Waals surface area contributed by atoms with Crippen molar-refractivity contribution in [2.45, 2.75) is 26.2 Å². The van der Waals surface area contributed by atoms with Gasteiger partial charge in [0.05, 0.1) is 0 Å². The van der Waals surface area contributed by atoms with Crippen LogP contribution in [0.2, 0.25) is 0 Å². The van der Waals surface area contributed by atoms with E-state index in [1.165, 1.54) is 23.3 Å². The van der Waals surface area contributed by atoms with Gasteiger partial charge in [0.15, 0.2) is 0 Å². The number of carbonyl (C=O) groups is 1. The van der Waals surface area contributed by atoms with E-state index in [1.54, 1.807) is 6.07 Å². The summed E-state index contributed by atoms with van der Waals surface area (Å²) in [6, 6.07) is 12.7. The molecule has 2 rings (SSSR count). The van der Waals surface area contributed by atoms with Crippen molar-refractivity contribution in [3.05, 3.63) is 69.4 Å². The highest BCUT2D eigenvalue weighted by Gasteiger charge is 2.07. The molecule has 1 nitrogen and oxygen atoms in total. The third kappa shape index (κ3) is 4.27. The molecule has 104 valence electrons. The highest BCUT2D eigenvalue weighted by Crippen LogP contribution is 2.16. The molecule has 0 aliphatic carbocycles. The molecule has 0 atom stereocenters. The lowest BCUT2D eigenvalue weighted by molar-refractivity contribution is -0.118. The van der Waals surface area contributed by atoms with E-state index in [2.05, 4.69) is 15.9 Å². The van der Waals surface area contributed by atoms with E-state index >= 15 is 0 Å². The van der Waals surface area contributed by atoms with E-state index in [1.807, 2.05) is 31.2 Å². The van der Waals surface area contributed by atoms with Crippen LogP contribution in [0.25, 0.3) is 0 Å². The fraction of sp³-hybridized carbons (Fsp3) is 0.235. The van der Waals surface area contributed by atoms with Crippen molar-refractivity contribution >= 4 is 21.7 Å². The first kappa shape index (κ1) is 14.9. The van der Waals surface area contributed by atoms with Gasteiger partial charge in [0.2, 0.25) is 0 Å². The van der Waals surface area contributed by atoms with Gasteiger partial charge in [-0.05, 0) is 48.2 Å². The second-order valence-corrected chi connectivity index (χ2v) is 5.84. The fourth-order valence-electron chi connectivity index (χ4n) is 2.19. The van der Waals surface area contributed by atoms with E-state index in [0.717, 1.165) is 6.42 Å². The summed E-state index contributed by atoms with van der Waals surface area (Å²) < 4.78 is 13.9. The lowest BCUT2D eigenvalue weighted by atomic mass is 10.00. The highest BCUT2D eigenvalue weighted by molar-refractivity contribution is 9.10. The molecule has 0 spiro atoms. The predicted octanol–water partition coefficient (Wildman–Crippen LogP) is 4.64. The topological polar surface area (TPSA) is 17.1 Å². The molecular formula is C17H16BrFO. The molecule has 0 N–H and O–H groups in total. The Kier molecular flexibility index (Phi) is 5.07. The van der Waals surface area contributed by atoms with Crippen LogP contribution in [-0.2, 0) is 17.6 Å². The van der Waals surface area contributed by atoms with Crippen LogP contribution < -0.4 is 0 Å². The van der Waals surface area contributed by atoms with Crippen molar-refractivity contribution in [2.75, 3.05) is 0 Å². The number of carbonyl (C=O) groups excluding carboxylic acids is 1. The van der Waals surface area contributed by atoms with Gasteiger partial charge in [-0.15, -0.1) is 0 Å². The summed E-state index contributed by atoms with van der Waals surface area (Å²) in [6.07, 6.45) is 1.50. The van der Waals surface area contributed by atoms with E-state index in [9.17, 15) is 9.18 Å². The second-order valence-electron chi connectivity index (χ2n) is 4.92. The number of halogens is 2. The fourth-order valence-corrected chi connectivity index (χ4v) is 2.71. The first-order valence-corrected chi connectivity index (χ1v) is 7.35. The van der Waals surface area contributed by atoms with Crippen molar-refractivity contribution in [1.29, 1.82) is 0 Å². The molecule has 0 radical (unpaired) electrons. The molecule has 0 aliphatic rings. The average Bonchev–Trinajstić information content (AvgIpc) is 2.36. The van der Waals surface area contributed by atoms with E-state index in [4.69, 9.17) is 0 Å². The summed E-state index contributed by atoms with van der Waals surface area (Å²) in [6.45, 7) is 2.05. The number of aryl methyl sites for hydroxylation is 2. The minimum Gasteiger partial charge on any atom is -0.299 e. The standard InChI is InChI=1S/C17H16BrFO/c1-12-4-2-3-5-14(12)6-7-17(20)10-13-8-15(18)11-16(19)9-13/h2-5,8-9,11H,6-7,10H2,1H3. The van der Waals surface area contributed by atoms with Crippen LogP contribution >= 0.6 is 15.9 Å². The Morgan fingerprint density at radius 2 is 1.95 bits per heavy atom. The van der Waals surface area contributed by atoms with Gasteiger partial charge in [-0.3, -0.25) is 4.79 Å². The molecule has 0 saturated carbocycles. The maximum Gasteiger partial charge on any atom is 0.137 e. The molecule has 2 aromatic rings. The predicted molar refractivity (Wildman–Crippen MR) is 82.3 cm³/mol. The molecule has 0 aliphatic heterocycles. The van der Waals surface area contributed by atoms with Crippen molar-refractivity contribution < 1.29 is 9.18 Å². The number of rotatable bonds is 5. The lowest BCUT2D eigenvalue weighted by Gasteiger charge is -2.05. The highest BCUT2D eigenvalue weighted by atomic mass is 79.9. The van der Waals surface area contributed by atoms with E-state index in [-0.39, 0.29) is 18.0 Å². The third-order valence-corrected chi connectivity index (χ3v) is 3.72. The van der Waals surface area contributed by atoms with Gasteiger partial charge in [-0.25, -0.2) is 4.39 Å². The largest absolute Gasteiger partial charge is 0.299 e. The molecule has 0 aromatic heterocycles. The summed E-state index contributed by atoms with van der Waals surface area (Å²) in [5.41, 5.74) is 3.11. The summed E-state index contributed by atoms with van der Waals surface area (Å²) >= 11 is 3.24. The van der Waals surface area contributed by atoms with Gasteiger partial charge in [-0.2, -0.15) is 0 Å². The molecule has 2 aromatic carbocycles. The molecule has 0 bridgehead atoms. The van der Waals surface area contributed by atoms with E-state index < -0.39 is 0 Å². The first-order chi connectivity index (χ1) is 9.54. The zero-order valence-corrected chi connectivity index (χ0v) is 12.9. The number of benzene rings is 2. The summed E-state index contributed by atoms with van der Waals surface area (Å²) in [5.74, 6) is -0.188. The number of Topliss-reactive ketones (excluding diaryl/α,β-unsaturated/α-hetero) is 1. The molecule has 3 heteroatoms. The molecule has 0 heterocycles. The molecule has 0 unspecified atom stereocenters. The maximum atomic E-state index is 13.2. The Bertz CT molecular complexity index is 602. The Balaban J connectivity index is 1.94. The minimum absolute atomic E-state index is 0.130. The molecule has 0 amide bonds. The van der Waals surface area contributed by atoms with Crippen LogP contribution in [-0.4, -0.2) is 5.78 Å². The van der Waals surface area contributed by atoms with Gasteiger partial charge >= 0.3 is 0 Å². The zero-order chi connectivity index (χ0) is 14.5. The third-order valence-electron chi connectivity index (χ3n) is 3.26. The maximum absolute atomic E-state index is 13.2. The summed E-state index contributed by atoms with van der Waals surface area (Å²) in [7, 11) is 0. The first-order valence-electron chi connectivity index (χ1n) is 6.56. The number of hydrogen-bond donors (Lipinski definition) is 0. The van der Waals surface area contributed by atoms with Crippen molar-refractivity contribution in [2.24, 2.45) is 0 Å². The van der Waals surface area contributed by atoms with Crippen molar-refractivity contribution in [3.63, 3.8) is 0 Å². The van der Waals surface area contributed by atoms with Gasteiger partial charge in [0.25, 0.3) is 0 Å². The van der Waals surface area contributed by atoms with E-state index in [0.29, 0.717) is 16.5 Å². The summed E-state index contributed by atoms with van der Waals surface area (Å²) in [5, 5.41) is 0. The number of ketones is 1. The van der Waals surface area contributed by atoms with Gasteiger partial charge in [0, 0.05) is 17.3 Å². The van der Waals surface area contributed by atoms with Crippen molar-refractivity contribution in [1.82, 2.24) is 0 Å². The van der Waals surface area contributed by atoms with Crippen LogP contribution in [0.5, 0.6) is 0 Å². The molecular weight excluding hydrogens is 319 g/mol. The summed E-state index contributed by atoms with van der Waals surface area (Å²) in [4.78, 5) is 12.0. The minimum atomic E-state index is -0.318. The Labute approximate surface area is 127 Å². The van der Waals surface area contributed by atoms with Crippen LogP contribution in [0.1, 0.15) is 23.1 Å². The van der Waals surface area contributed by atoms with Gasteiger partial charge in [0.1, 0.15) is 11.6 Å². The number of hydrogen-bond acceptors (Lipinski definition) is 1. The normalized spacial score (nSPS) is 10.6. The average molecular weight is 335 g/mol. The lowest BCUT2D eigenvalue weighted by Crippen LogP contribution is -2.05. The van der Waals surface area contributed by atoms with Gasteiger partial charge in [-0.1, -0.05) is 40.2 Å². The Morgan fingerprint density at radius 1 is 1.20 bits per heavy atom. The smallest absolute Gasteiger partial charge is 0.137 e. The van der Waals surface area contributed by atoms with Crippen LogP contribution in [0.15, 0.2) is 46.9 Å². The van der Waals surface area contributed by atoms with Crippen LogP contribution in [0.3, 0.4) is 0 Å². The van der Waals surface area contributed by atoms with Crippen molar-refractivity contribution in [3.8, 4) is 0 Å². The molecule has 20 heavy (non-hydrogen) atoms. The Hall–Kier alpha value is -1.48. The second kappa shape index (κ2) is 6.80. The van der Waals surface area contributed by atoms with Crippen LogP contribution in [0, 0.1) is 12.7 Å².